The van der Waals surface area contributed by atoms with E-state index in [4.69, 9.17) is 0 Å². The van der Waals surface area contributed by atoms with E-state index in [2.05, 4.69) is 13.8 Å². The molecular formula is C17H16F2O. The Labute approximate surface area is 117 Å². The van der Waals surface area contributed by atoms with Gasteiger partial charge in [0.05, 0.1) is 0 Å². The van der Waals surface area contributed by atoms with Crippen LogP contribution in [-0.2, 0) is 6.42 Å². The Morgan fingerprint density at radius 3 is 2.20 bits per heavy atom. The standard InChI is InChI=1S/C17H16F2O/c1-11(2)13-5-3-12(4-6-13)9-17(20)14-7-8-15(18)16(19)10-14/h3-8,10-11H,9H2,1-2H3. The smallest absolute Gasteiger partial charge is 0.167 e. The molecule has 0 N–H and O–H groups in total. The van der Waals surface area contributed by atoms with E-state index in [9.17, 15) is 13.6 Å². The lowest BCUT2D eigenvalue weighted by Crippen LogP contribution is -2.04. The minimum atomic E-state index is -0.994. The minimum absolute atomic E-state index is 0.184. The largest absolute Gasteiger partial charge is 0.294 e. The molecule has 1 nitrogen and oxygen atoms in total. The van der Waals surface area contributed by atoms with Crippen LogP contribution in [0.2, 0.25) is 0 Å². The molecule has 0 bridgehead atoms. The van der Waals surface area contributed by atoms with Crippen LogP contribution in [0.1, 0.15) is 41.3 Å². The molecule has 0 aliphatic rings. The molecule has 2 aromatic carbocycles. The van der Waals surface area contributed by atoms with E-state index in [1.807, 2.05) is 24.3 Å². The summed E-state index contributed by atoms with van der Waals surface area (Å²) in [5.41, 5.74) is 2.26. The monoisotopic (exact) mass is 274 g/mol. The Hall–Kier alpha value is -2.03. The summed E-state index contributed by atoms with van der Waals surface area (Å²) in [5, 5.41) is 0. The molecule has 0 heterocycles. The van der Waals surface area contributed by atoms with E-state index in [-0.39, 0.29) is 17.8 Å². The number of ketones is 1. The number of halogens is 2. The quantitative estimate of drug-likeness (QED) is 0.749. The van der Waals surface area contributed by atoms with Gasteiger partial charge in [0.1, 0.15) is 0 Å². The first kappa shape index (κ1) is 14.4. The van der Waals surface area contributed by atoms with Crippen molar-refractivity contribution in [2.24, 2.45) is 0 Å². The third-order valence-corrected chi connectivity index (χ3v) is 3.25. The number of carbonyl (C=O) groups excluding carboxylic acids is 1. The van der Waals surface area contributed by atoms with Crippen molar-refractivity contribution in [2.75, 3.05) is 0 Å². The van der Waals surface area contributed by atoms with Crippen LogP contribution in [0.15, 0.2) is 42.5 Å². The fourth-order valence-electron chi connectivity index (χ4n) is 1.98. The van der Waals surface area contributed by atoms with Crippen molar-refractivity contribution in [3.8, 4) is 0 Å². The maximum atomic E-state index is 13.1. The molecule has 3 heteroatoms. The SMILES string of the molecule is CC(C)c1ccc(CC(=O)c2ccc(F)c(F)c2)cc1. The highest BCUT2D eigenvalue weighted by molar-refractivity contribution is 5.97. The first-order chi connectivity index (χ1) is 9.47. The fourth-order valence-corrected chi connectivity index (χ4v) is 1.98. The lowest BCUT2D eigenvalue weighted by Gasteiger charge is -2.07. The lowest BCUT2D eigenvalue weighted by atomic mass is 9.98. The molecule has 0 aliphatic carbocycles. The summed E-state index contributed by atoms with van der Waals surface area (Å²) >= 11 is 0. The zero-order chi connectivity index (χ0) is 14.7. The van der Waals surface area contributed by atoms with Crippen molar-refractivity contribution in [1.29, 1.82) is 0 Å². The fraction of sp³-hybridized carbons (Fsp3) is 0.235. The molecule has 0 spiro atoms. The number of carbonyl (C=O) groups is 1. The van der Waals surface area contributed by atoms with Crippen LogP contribution in [0, 0.1) is 11.6 Å². The number of benzene rings is 2. The van der Waals surface area contributed by atoms with Gasteiger partial charge in [-0.3, -0.25) is 4.79 Å². The molecule has 0 saturated carbocycles. The Balaban J connectivity index is 2.12. The van der Waals surface area contributed by atoms with E-state index in [1.54, 1.807) is 0 Å². The summed E-state index contributed by atoms with van der Waals surface area (Å²) in [6, 6.07) is 11.0. The second kappa shape index (κ2) is 5.95. The lowest BCUT2D eigenvalue weighted by molar-refractivity contribution is 0.0992. The summed E-state index contributed by atoms with van der Waals surface area (Å²) in [6.45, 7) is 4.20. The van der Waals surface area contributed by atoms with E-state index in [0.29, 0.717) is 5.92 Å². The van der Waals surface area contributed by atoms with Gasteiger partial charge in [0.25, 0.3) is 0 Å². The Bertz CT molecular complexity index is 615. The van der Waals surface area contributed by atoms with Gasteiger partial charge in [-0.1, -0.05) is 38.1 Å². The van der Waals surface area contributed by atoms with E-state index >= 15 is 0 Å². The van der Waals surface area contributed by atoms with Gasteiger partial charge < -0.3 is 0 Å². The predicted octanol–water partition coefficient (Wildman–Crippen LogP) is 4.51. The van der Waals surface area contributed by atoms with Crippen molar-refractivity contribution < 1.29 is 13.6 Å². The van der Waals surface area contributed by atoms with Gasteiger partial charge >= 0.3 is 0 Å². The normalized spacial score (nSPS) is 10.8. The van der Waals surface area contributed by atoms with Crippen molar-refractivity contribution in [2.45, 2.75) is 26.2 Å². The first-order valence-corrected chi connectivity index (χ1v) is 6.54. The molecule has 0 unspecified atom stereocenters. The molecule has 0 radical (unpaired) electrons. The zero-order valence-corrected chi connectivity index (χ0v) is 11.5. The molecule has 0 aromatic heterocycles. The maximum absolute atomic E-state index is 13.1. The van der Waals surface area contributed by atoms with Crippen molar-refractivity contribution in [3.05, 3.63) is 70.8 Å². The van der Waals surface area contributed by atoms with Crippen LogP contribution >= 0.6 is 0 Å². The van der Waals surface area contributed by atoms with Crippen LogP contribution in [0.4, 0.5) is 8.78 Å². The molecule has 2 aromatic rings. The molecule has 0 aliphatic heterocycles. The summed E-state index contributed by atoms with van der Waals surface area (Å²) in [7, 11) is 0. The van der Waals surface area contributed by atoms with E-state index in [0.717, 1.165) is 17.7 Å². The van der Waals surface area contributed by atoms with Crippen LogP contribution in [0.25, 0.3) is 0 Å². The third-order valence-electron chi connectivity index (χ3n) is 3.25. The third kappa shape index (κ3) is 3.29. The molecule has 0 atom stereocenters. The minimum Gasteiger partial charge on any atom is -0.294 e. The summed E-state index contributed by atoms with van der Waals surface area (Å²) in [5.74, 6) is -1.72. The van der Waals surface area contributed by atoms with Gasteiger partial charge in [0.2, 0.25) is 0 Å². The van der Waals surface area contributed by atoms with Crippen molar-refractivity contribution >= 4 is 5.78 Å². The van der Waals surface area contributed by atoms with Gasteiger partial charge in [-0.2, -0.15) is 0 Å². The van der Waals surface area contributed by atoms with Crippen LogP contribution in [0.3, 0.4) is 0 Å². The molecule has 2 rings (SSSR count). The molecule has 0 amide bonds. The van der Waals surface area contributed by atoms with E-state index < -0.39 is 11.6 Å². The van der Waals surface area contributed by atoms with Crippen molar-refractivity contribution in [3.63, 3.8) is 0 Å². The van der Waals surface area contributed by atoms with Gasteiger partial charge in [-0.15, -0.1) is 0 Å². The summed E-state index contributed by atoms with van der Waals surface area (Å²) < 4.78 is 25.9. The highest BCUT2D eigenvalue weighted by Crippen LogP contribution is 2.16. The number of Topliss-reactive ketones (excluding diaryl/α,β-unsaturated/α-hetero) is 1. The Kier molecular flexibility index (Phi) is 4.28. The molecule has 20 heavy (non-hydrogen) atoms. The Morgan fingerprint density at radius 2 is 1.65 bits per heavy atom. The number of hydrogen-bond donors (Lipinski definition) is 0. The van der Waals surface area contributed by atoms with Crippen molar-refractivity contribution in [1.82, 2.24) is 0 Å². The van der Waals surface area contributed by atoms with Gasteiger partial charge in [0.15, 0.2) is 17.4 Å². The van der Waals surface area contributed by atoms with Crippen LogP contribution in [-0.4, -0.2) is 5.78 Å². The Morgan fingerprint density at radius 1 is 1.00 bits per heavy atom. The second-order valence-corrected chi connectivity index (χ2v) is 5.13. The molecule has 0 fully saturated rings. The van der Waals surface area contributed by atoms with Crippen LogP contribution < -0.4 is 0 Å². The van der Waals surface area contributed by atoms with Crippen LogP contribution in [0.5, 0.6) is 0 Å². The second-order valence-electron chi connectivity index (χ2n) is 5.13. The van der Waals surface area contributed by atoms with E-state index in [1.165, 1.54) is 11.6 Å². The topological polar surface area (TPSA) is 17.1 Å². The van der Waals surface area contributed by atoms with Gasteiger partial charge in [0, 0.05) is 12.0 Å². The number of rotatable bonds is 4. The summed E-state index contributed by atoms with van der Waals surface area (Å²) in [4.78, 5) is 12.0. The average Bonchev–Trinajstić information content (AvgIpc) is 2.42. The average molecular weight is 274 g/mol. The molecular weight excluding hydrogens is 258 g/mol. The highest BCUT2D eigenvalue weighted by Gasteiger charge is 2.10. The summed E-state index contributed by atoms with van der Waals surface area (Å²) in [6.07, 6.45) is 0.184. The molecule has 0 saturated heterocycles. The molecule has 104 valence electrons. The zero-order valence-electron chi connectivity index (χ0n) is 11.5. The number of hydrogen-bond acceptors (Lipinski definition) is 1. The highest BCUT2D eigenvalue weighted by atomic mass is 19.2. The van der Waals surface area contributed by atoms with Gasteiger partial charge in [-0.05, 0) is 35.2 Å². The predicted molar refractivity (Wildman–Crippen MR) is 74.9 cm³/mol. The first-order valence-electron chi connectivity index (χ1n) is 6.54. The van der Waals surface area contributed by atoms with Gasteiger partial charge in [-0.25, -0.2) is 8.78 Å². The maximum Gasteiger partial charge on any atom is 0.167 e.